The Labute approximate surface area is 145 Å². The minimum absolute atomic E-state index is 0.0635. The van der Waals surface area contributed by atoms with Crippen molar-refractivity contribution >= 4 is 5.78 Å². The molecule has 128 valence electrons. The number of rotatable bonds is 9. The summed E-state index contributed by atoms with van der Waals surface area (Å²) in [4.78, 5) is 13.2. The largest absolute Gasteiger partial charge is 0.365 e. The van der Waals surface area contributed by atoms with Crippen LogP contribution in [0.3, 0.4) is 0 Å². The Balaban J connectivity index is 2.30. The summed E-state index contributed by atoms with van der Waals surface area (Å²) in [5.41, 5.74) is 2.84. The van der Waals surface area contributed by atoms with Gasteiger partial charge in [0.1, 0.15) is 6.10 Å². The van der Waals surface area contributed by atoms with Crippen LogP contribution in [0.1, 0.15) is 61.2 Å². The molecule has 0 saturated carbocycles. The van der Waals surface area contributed by atoms with Gasteiger partial charge in [-0.15, -0.1) is 0 Å². The molecule has 24 heavy (non-hydrogen) atoms. The van der Waals surface area contributed by atoms with Crippen LogP contribution in [0.15, 0.2) is 54.6 Å². The fourth-order valence-electron chi connectivity index (χ4n) is 2.73. The molecule has 0 aliphatic rings. The number of hydrogen-bond acceptors (Lipinski definition) is 2. The van der Waals surface area contributed by atoms with Gasteiger partial charge in [-0.25, -0.2) is 0 Å². The summed E-state index contributed by atoms with van der Waals surface area (Å²) in [6.07, 6.45) is 2.61. The fraction of sp³-hybridized carbons (Fsp3) is 0.409. The van der Waals surface area contributed by atoms with Gasteiger partial charge in [-0.3, -0.25) is 4.79 Å². The Morgan fingerprint density at radius 1 is 1.00 bits per heavy atom. The van der Waals surface area contributed by atoms with Crippen molar-refractivity contribution < 1.29 is 9.53 Å². The molecular weight excluding hydrogens is 296 g/mol. The zero-order valence-corrected chi connectivity index (χ0v) is 15.0. The van der Waals surface area contributed by atoms with Gasteiger partial charge in [0.25, 0.3) is 0 Å². The monoisotopic (exact) mass is 324 g/mol. The SMILES string of the molecule is CCCCc1ccccc1C(=O)C(OCC(C)C)c1ccccc1. The predicted molar refractivity (Wildman–Crippen MR) is 99.4 cm³/mol. The molecule has 0 heterocycles. The van der Waals surface area contributed by atoms with Gasteiger partial charge >= 0.3 is 0 Å². The zero-order valence-electron chi connectivity index (χ0n) is 15.0. The molecule has 2 heteroatoms. The highest BCUT2D eigenvalue weighted by atomic mass is 16.5. The molecule has 0 radical (unpaired) electrons. The molecule has 0 amide bonds. The van der Waals surface area contributed by atoms with Crippen molar-refractivity contribution in [3.63, 3.8) is 0 Å². The van der Waals surface area contributed by atoms with E-state index in [0.29, 0.717) is 12.5 Å². The molecule has 2 aromatic rings. The number of ether oxygens (including phenoxy) is 1. The maximum atomic E-state index is 13.2. The van der Waals surface area contributed by atoms with Crippen molar-refractivity contribution in [1.29, 1.82) is 0 Å². The van der Waals surface area contributed by atoms with Gasteiger partial charge in [0.2, 0.25) is 0 Å². The standard InChI is InChI=1S/C22H28O2/c1-4-5-11-18-12-9-10-15-20(18)21(23)22(24-16-17(2)3)19-13-7-6-8-14-19/h6-10,12-15,17,22H,4-5,11,16H2,1-3H3. The molecule has 0 aliphatic heterocycles. The molecule has 1 atom stereocenters. The van der Waals surface area contributed by atoms with E-state index >= 15 is 0 Å². The molecule has 2 aromatic carbocycles. The number of aryl methyl sites for hydroxylation is 1. The highest BCUT2D eigenvalue weighted by molar-refractivity contribution is 6.01. The molecule has 2 rings (SSSR count). The van der Waals surface area contributed by atoms with Crippen LogP contribution in [0.4, 0.5) is 0 Å². The maximum Gasteiger partial charge on any atom is 0.196 e. The Morgan fingerprint density at radius 3 is 2.33 bits per heavy atom. The van der Waals surface area contributed by atoms with Gasteiger partial charge in [-0.2, -0.15) is 0 Å². The third-order valence-corrected chi connectivity index (χ3v) is 4.02. The number of benzene rings is 2. The smallest absolute Gasteiger partial charge is 0.196 e. The van der Waals surface area contributed by atoms with Gasteiger partial charge in [-0.1, -0.05) is 81.8 Å². The van der Waals surface area contributed by atoms with Crippen LogP contribution in [-0.4, -0.2) is 12.4 Å². The van der Waals surface area contributed by atoms with E-state index in [9.17, 15) is 4.79 Å². The molecule has 1 unspecified atom stereocenters. The molecule has 0 spiro atoms. The van der Waals surface area contributed by atoms with Crippen LogP contribution in [0, 0.1) is 5.92 Å². The van der Waals surface area contributed by atoms with E-state index in [1.165, 1.54) is 0 Å². The summed E-state index contributed by atoms with van der Waals surface area (Å²) >= 11 is 0. The molecule has 0 aliphatic carbocycles. The number of Topliss-reactive ketones (excluding diaryl/α,β-unsaturated/α-hetero) is 1. The summed E-state index contributed by atoms with van der Waals surface area (Å²) in [5, 5.41) is 0. The number of unbranched alkanes of at least 4 members (excludes halogenated alkanes) is 1. The summed E-state index contributed by atoms with van der Waals surface area (Å²) < 4.78 is 6.02. The Kier molecular flexibility index (Phi) is 7.20. The molecule has 0 fully saturated rings. The second kappa shape index (κ2) is 9.39. The van der Waals surface area contributed by atoms with Crippen molar-refractivity contribution in [3.8, 4) is 0 Å². The van der Waals surface area contributed by atoms with Gasteiger partial charge in [0, 0.05) is 5.56 Å². The van der Waals surface area contributed by atoms with Gasteiger partial charge in [0.15, 0.2) is 5.78 Å². The summed E-state index contributed by atoms with van der Waals surface area (Å²) in [7, 11) is 0. The Bertz CT molecular complexity index is 631. The van der Waals surface area contributed by atoms with Crippen LogP contribution in [-0.2, 0) is 11.2 Å². The molecule has 0 aromatic heterocycles. The van der Waals surface area contributed by atoms with Crippen LogP contribution < -0.4 is 0 Å². The topological polar surface area (TPSA) is 26.3 Å². The van der Waals surface area contributed by atoms with E-state index in [4.69, 9.17) is 4.74 Å². The molecule has 0 N–H and O–H groups in total. The van der Waals surface area contributed by atoms with E-state index in [-0.39, 0.29) is 5.78 Å². The van der Waals surface area contributed by atoms with Gasteiger partial charge < -0.3 is 4.74 Å². The van der Waals surface area contributed by atoms with E-state index in [1.807, 2.05) is 48.5 Å². The Hall–Kier alpha value is -1.93. The highest BCUT2D eigenvalue weighted by Crippen LogP contribution is 2.25. The van der Waals surface area contributed by atoms with Crippen molar-refractivity contribution in [1.82, 2.24) is 0 Å². The normalized spacial score (nSPS) is 12.3. The molecule has 0 saturated heterocycles. The number of carbonyl (C=O) groups is 1. The maximum absolute atomic E-state index is 13.2. The molecule has 0 bridgehead atoms. The summed E-state index contributed by atoms with van der Waals surface area (Å²) in [5.74, 6) is 0.452. The quantitative estimate of drug-likeness (QED) is 0.559. The second-order valence-electron chi connectivity index (χ2n) is 6.64. The third kappa shape index (κ3) is 5.04. The average Bonchev–Trinajstić information content (AvgIpc) is 2.61. The first-order valence-corrected chi connectivity index (χ1v) is 8.92. The lowest BCUT2D eigenvalue weighted by Crippen LogP contribution is -2.20. The van der Waals surface area contributed by atoms with E-state index < -0.39 is 6.10 Å². The van der Waals surface area contributed by atoms with Crippen LogP contribution >= 0.6 is 0 Å². The highest BCUT2D eigenvalue weighted by Gasteiger charge is 2.24. The van der Waals surface area contributed by atoms with Crippen molar-refractivity contribution in [2.45, 2.75) is 46.1 Å². The lowest BCUT2D eigenvalue weighted by atomic mass is 9.93. The van der Waals surface area contributed by atoms with E-state index in [2.05, 4.69) is 26.8 Å². The minimum Gasteiger partial charge on any atom is -0.365 e. The van der Waals surface area contributed by atoms with Crippen LogP contribution in [0.2, 0.25) is 0 Å². The average molecular weight is 324 g/mol. The predicted octanol–water partition coefficient (Wildman–Crippen LogP) is 5.63. The number of ketones is 1. The first kappa shape index (κ1) is 18.4. The van der Waals surface area contributed by atoms with E-state index in [1.54, 1.807) is 0 Å². The first-order valence-electron chi connectivity index (χ1n) is 8.92. The van der Waals surface area contributed by atoms with Gasteiger partial charge in [-0.05, 0) is 29.9 Å². The molecular formula is C22H28O2. The zero-order chi connectivity index (χ0) is 17.4. The van der Waals surface area contributed by atoms with Gasteiger partial charge in [0.05, 0.1) is 6.61 Å². The minimum atomic E-state index is -0.531. The van der Waals surface area contributed by atoms with Crippen LogP contribution in [0.5, 0.6) is 0 Å². The lowest BCUT2D eigenvalue weighted by molar-refractivity contribution is 0.0307. The molecule has 2 nitrogen and oxygen atoms in total. The number of carbonyl (C=O) groups excluding carboxylic acids is 1. The van der Waals surface area contributed by atoms with Crippen molar-refractivity contribution in [2.75, 3.05) is 6.61 Å². The van der Waals surface area contributed by atoms with E-state index in [0.717, 1.165) is 36.0 Å². The van der Waals surface area contributed by atoms with Crippen molar-refractivity contribution in [3.05, 3.63) is 71.3 Å². The summed E-state index contributed by atoms with van der Waals surface area (Å²) in [6.45, 7) is 6.94. The van der Waals surface area contributed by atoms with Crippen LogP contribution in [0.25, 0.3) is 0 Å². The first-order chi connectivity index (χ1) is 11.6. The van der Waals surface area contributed by atoms with Crippen molar-refractivity contribution in [2.24, 2.45) is 5.92 Å². The Morgan fingerprint density at radius 2 is 1.67 bits per heavy atom. The lowest BCUT2D eigenvalue weighted by Gasteiger charge is -2.20. The number of hydrogen-bond donors (Lipinski definition) is 0. The third-order valence-electron chi connectivity index (χ3n) is 4.02. The second-order valence-corrected chi connectivity index (χ2v) is 6.64. The summed E-state index contributed by atoms with van der Waals surface area (Å²) in [6, 6.07) is 17.8. The fourth-order valence-corrected chi connectivity index (χ4v) is 2.73.